The predicted molar refractivity (Wildman–Crippen MR) is 80.7 cm³/mol. The van der Waals surface area contributed by atoms with Gasteiger partial charge in [-0.25, -0.2) is 4.39 Å². The number of benzene rings is 2. The zero-order valence-corrected chi connectivity index (χ0v) is 12.1. The SMILES string of the molecule is CNC(=O)c1ccc(NC(=O)c2cc(F)ccc2OC)cc1. The Kier molecular flexibility index (Phi) is 4.73. The molecule has 0 aliphatic heterocycles. The van der Waals surface area contributed by atoms with Gasteiger partial charge in [0.25, 0.3) is 11.8 Å². The van der Waals surface area contributed by atoms with Gasteiger partial charge in [0.1, 0.15) is 11.6 Å². The number of carbonyl (C=O) groups excluding carboxylic acids is 2. The Morgan fingerprint density at radius 1 is 1.05 bits per heavy atom. The van der Waals surface area contributed by atoms with Crippen LogP contribution in [0.4, 0.5) is 10.1 Å². The van der Waals surface area contributed by atoms with Crippen LogP contribution in [-0.2, 0) is 0 Å². The fourth-order valence-corrected chi connectivity index (χ4v) is 1.91. The molecule has 0 fully saturated rings. The first-order valence-corrected chi connectivity index (χ1v) is 6.52. The average Bonchev–Trinajstić information content (AvgIpc) is 2.54. The van der Waals surface area contributed by atoms with Crippen LogP contribution in [0.25, 0.3) is 0 Å². The maximum Gasteiger partial charge on any atom is 0.259 e. The fraction of sp³-hybridized carbons (Fsp3) is 0.125. The predicted octanol–water partition coefficient (Wildman–Crippen LogP) is 2.45. The molecule has 2 aromatic carbocycles. The molecule has 0 saturated heterocycles. The summed E-state index contributed by atoms with van der Waals surface area (Å²) in [4.78, 5) is 23.6. The van der Waals surface area contributed by atoms with Gasteiger partial charge in [-0.15, -0.1) is 0 Å². The molecule has 0 aliphatic rings. The van der Waals surface area contributed by atoms with Gasteiger partial charge in [-0.05, 0) is 42.5 Å². The first-order valence-electron chi connectivity index (χ1n) is 6.52. The second-order valence-electron chi connectivity index (χ2n) is 4.46. The van der Waals surface area contributed by atoms with Gasteiger partial charge >= 0.3 is 0 Å². The zero-order chi connectivity index (χ0) is 16.1. The molecule has 0 spiro atoms. The van der Waals surface area contributed by atoms with Crippen LogP contribution in [0, 0.1) is 5.82 Å². The quantitative estimate of drug-likeness (QED) is 0.911. The Balaban J connectivity index is 2.18. The first kappa shape index (κ1) is 15.5. The standard InChI is InChI=1S/C16H15FN2O3/c1-18-15(20)10-3-6-12(7-4-10)19-16(21)13-9-11(17)5-8-14(13)22-2/h3-9H,1-2H3,(H,18,20)(H,19,21). The lowest BCUT2D eigenvalue weighted by atomic mass is 10.1. The number of rotatable bonds is 4. The molecule has 114 valence electrons. The van der Waals surface area contributed by atoms with E-state index in [-0.39, 0.29) is 17.2 Å². The second-order valence-corrected chi connectivity index (χ2v) is 4.46. The summed E-state index contributed by atoms with van der Waals surface area (Å²) in [5.41, 5.74) is 1.06. The highest BCUT2D eigenvalue weighted by Gasteiger charge is 2.14. The van der Waals surface area contributed by atoms with Crippen LogP contribution in [0.1, 0.15) is 20.7 Å². The topological polar surface area (TPSA) is 67.4 Å². The summed E-state index contributed by atoms with van der Waals surface area (Å²) >= 11 is 0. The van der Waals surface area contributed by atoms with Gasteiger partial charge in [-0.2, -0.15) is 0 Å². The Hall–Kier alpha value is -2.89. The Bertz CT molecular complexity index is 699. The molecule has 2 amide bonds. The third kappa shape index (κ3) is 3.41. The highest BCUT2D eigenvalue weighted by atomic mass is 19.1. The minimum Gasteiger partial charge on any atom is -0.496 e. The van der Waals surface area contributed by atoms with Crippen LogP contribution in [0.3, 0.4) is 0 Å². The average molecular weight is 302 g/mol. The van der Waals surface area contributed by atoms with Gasteiger partial charge in [0.2, 0.25) is 0 Å². The third-order valence-electron chi connectivity index (χ3n) is 3.04. The van der Waals surface area contributed by atoms with Gasteiger partial charge in [0.15, 0.2) is 0 Å². The number of nitrogens with one attached hydrogen (secondary N) is 2. The minimum atomic E-state index is -0.527. The number of hydrogen-bond acceptors (Lipinski definition) is 3. The second kappa shape index (κ2) is 6.71. The lowest BCUT2D eigenvalue weighted by Gasteiger charge is -2.10. The van der Waals surface area contributed by atoms with E-state index < -0.39 is 11.7 Å². The normalized spacial score (nSPS) is 9.95. The summed E-state index contributed by atoms with van der Waals surface area (Å²) in [5, 5.41) is 5.13. The van der Waals surface area contributed by atoms with E-state index in [4.69, 9.17) is 4.74 Å². The van der Waals surface area contributed by atoms with Crippen LogP contribution >= 0.6 is 0 Å². The van der Waals surface area contributed by atoms with Crippen molar-refractivity contribution in [2.75, 3.05) is 19.5 Å². The van der Waals surface area contributed by atoms with Crippen molar-refractivity contribution in [3.8, 4) is 5.75 Å². The highest BCUT2D eigenvalue weighted by molar-refractivity contribution is 6.06. The summed E-state index contributed by atoms with van der Waals surface area (Å²) in [5.74, 6) is -0.962. The Morgan fingerprint density at radius 2 is 1.73 bits per heavy atom. The van der Waals surface area contributed by atoms with Crippen molar-refractivity contribution in [1.82, 2.24) is 5.32 Å². The van der Waals surface area contributed by atoms with E-state index in [0.29, 0.717) is 11.3 Å². The van der Waals surface area contributed by atoms with Crippen LogP contribution in [0.5, 0.6) is 5.75 Å². The van der Waals surface area contributed by atoms with Crippen molar-refractivity contribution >= 4 is 17.5 Å². The van der Waals surface area contributed by atoms with Gasteiger partial charge < -0.3 is 15.4 Å². The molecule has 2 rings (SSSR count). The molecule has 22 heavy (non-hydrogen) atoms. The van der Waals surface area contributed by atoms with E-state index in [2.05, 4.69) is 10.6 Å². The van der Waals surface area contributed by atoms with E-state index >= 15 is 0 Å². The molecule has 0 unspecified atom stereocenters. The number of anilines is 1. The van der Waals surface area contributed by atoms with Gasteiger partial charge in [-0.3, -0.25) is 9.59 Å². The van der Waals surface area contributed by atoms with Crippen molar-refractivity contribution in [3.63, 3.8) is 0 Å². The van der Waals surface area contributed by atoms with E-state index in [1.54, 1.807) is 24.3 Å². The molecule has 0 atom stereocenters. The molecule has 2 N–H and O–H groups in total. The van der Waals surface area contributed by atoms with Crippen LogP contribution < -0.4 is 15.4 Å². The summed E-state index contributed by atoms with van der Waals surface area (Å²) in [6.45, 7) is 0. The molecule has 0 radical (unpaired) electrons. The molecule has 0 saturated carbocycles. The maximum absolute atomic E-state index is 13.3. The number of methoxy groups -OCH3 is 1. The van der Waals surface area contributed by atoms with E-state index in [0.717, 1.165) is 6.07 Å². The molecule has 6 heteroatoms. The Labute approximate surface area is 127 Å². The molecule has 0 aromatic heterocycles. The lowest BCUT2D eigenvalue weighted by molar-refractivity contribution is 0.0962. The summed E-state index contributed by atoms with van der Waals surface area (Å²) in [7, 11) is 2.94. The highest BCUT2D eigenvalue weighted by Crippen LogP contribution is 2.21. The lowest BCUT2D eigenvalue weighted by Crippen LogP contribution is -2.18. The van der Waals surface area contributed by atoms with Crippen LogP contribution in [-0.4, -0.2) is 26.0 Å². The minimum absolute atomic E-state index is 0.0953. The number of halogens is 1. The van der Waals surface area contributed by atoms with Crippen molar-refractivity contribution < 1.29 is 18.7 Å². The maximum atomic E-state index is 13.3. The molecule has 0 aliphatic carbocycles. The van der Waals surface area contributed by atoms with Crippen molar-refractivity contribution in [3.05, 3.63) is 59.4 Å². The van der Waals surface area contributed by atoms with Crippen molar-refractivity contribution in [1.29, 1.82) is 0 Å². The van der Waals surface area contributed by atoms with Crippen molar-refractivity contribution in [2.45, 2.75) is 0 Å². The summed E-state index contributed by atoms with van der Waals surface area (Å²) in [6, 6.07) is 10.1. The molecule has 0 bridgehead atoms. The van der Waals surface area contributed by atoms with E-state index in [1.165, 1.54) is 26.3 Å². The zero-order valence-electron chi connectivity index (χ0n) is 12.1. The molecular formula is C16H15FN2O3. The summed E-state index contributed by atoms with van der Waals surface area (Å²) < 4.78 is 18.3. The number of amides is 2. The Morgan fingerprint density at radius 3 is 2.32 bits per heavy atom. The molecular weight excluding hydrogens is 287 g/mol. The molecule has 0 heterocycles. The van der Waals surface area contributed by atoms with Crippen LogP contribution in [0.15, 0.2) is 42.5 Å². The number of hydrogen-bond donors (Lipinski definition) is 2. The largest absolute Gasteiger partial charge is 0.496 e. The van der Waals surface area contributed by atoms with Gasteiger partial charge in [0, 0.05) is 18.3 Å². The third-order valence-corrected chi connectivity index (χ3v) is 3.04. The summed E-state index contributed by atoms with van der Waals surface area (Å²) in [6.07, 6.45) is 0. The smallest absolute Gasteiger partial charge is 0.259 e. The number of ether oxygens (including phenoxy) is 1. The first-order chi connectivity index (χ1) is 10.5. The van der Waals surface area contributed by atoms with Crippen molar-refractivity contribution in [2.24, 2.45) is 0 Å². The van der Waals surface area contributed by atoms with E-state index in [9.17, 15) is 14.0 Å². The number of carbonyl (C=O) groups is 2. The monoisotopic (exact) mass is 302 g/mol. The van der Waals surface area contributed by atoms with E-state index in [1.807, 2.05) is 0 Å². The molecule has 2 aromatic rings. The van der Waals surface area contributed by atoms with Gasteiger partial charge in [-0.1, -0.05) is 0 Å². The van der Waals surface area contributed by atoms with Gasteiger partial charge in [0.05, 0.1) is 12.7 Å². The fourth-order valence-electron chi connectivity index (χ4n) is 1.91. The van der Waals surface area contributed by atoms with Crippen LogP contribution in [0.2, 0.25) is 0 Å². The molecule has 5 nitrogen and oxygen atoms in total.